The molecule has 1 aromatic carbocycles. The highest BCUT2D eigenvalue weighted by atomic mass is 32.2. The van der Waals surface area contributed by atoms with E-state index in [0.717, 1.165) is 10.6 Å². The van der Waals surface area contributed by atoms with E-state index in [4.69, 9.17) is 0 Å². The Balaban J connectivity index is 1.80. The zero-order chi connectivity index (χ0) is 18.5. The van der Waals surface area contributed by atoms with Crippen molar-refractivity contribution < 1.29 is 4.79 Å². The summed E-state index contributed by atoms with van der Waals surface area (Å²) in [6.07, 6.45) is 3.60. The molecule has 0 radical (unpaired) electrons. The molecule has 1 unspecified atom stereocenters. The predicted molar refractivity (Wildman–Crippen MR) is 102 cm³/mol. The van der Waals surface area contributed by atoms with Crippen LogP contribution in [0.25, 0.3) is 11.4 Å². The van der Waals surface area contributed by atoms with Crippen LogP contribution in [0.2, 0.25) is 0 Å². The summed E-state index contributed by atoms with van der Waals surface area (Å²) in [7, 11) is 0. The molecule has 0 aliphatic carbocycles. The fourth-order valence-electron chi connectivity index (χ4n) is 2.51. The first-order chi connectivity index (χ1) is 12.6. The van der Waals surface area contributed by atoms with Gasteiger partial charge in [0.25, 0.3) is 5.91 Å². The molecule has 2 aromatic heterocycles. The molecule has 1 atom stereocenters. The van der Waals surface area contributed by atoms with Gasteiger partial charge in [0.15, 0.2) is 6.04 Å². The maximum Gasteiger partial charge on any atom is 0.251 e. The summed E-state index contributed by atoms with van der Waals surface area (Å²) in [4.78, 5) is 18.4. The Morgan fingerprint density at radius 2 is 1.92 bits per heavy atom. The highest BCUT2D eigenvalue weighted by molar-refractivity contribution is 7.98. The lowest BCUT2D eigenvalue weighted by atomic mass is 10.0. The van der Waals surface area contributed by atoms with Crippen molar-refractivity contribution in [3.8, 4) is 11.4 Å². The molecule has 0 saturated heterocycles. The number of anilines is 1. The number of tetrazole rings is 1. The normalized spacial score (nSPS) is 12.2. The van der Waals surface area contributed by atoms with Crippen molar-refractivity contribution in [3.05, 3.63) is 48.7 Å². The molecule has 2 heterocycles. The first-order valence-electron chi connectivity index (χ1n) is 8.24. The number of carbonyl (C=O) groups is 1. The number of carbonyl (C=O) groups excluding carboxylic acids is 1. The van der Waals surface area contributed by atoms with Gasteiger partial charge in [0.1, 0.15) is 0 Å². The number of hydrogen-bond donors (Lipinski definition) is 1. The maximum atomic E-state index is 12.8. The van der Waals surface area contributed by atoms with Gasteiger partial charge in [0.2, 0.25) is 5.82 Å². The molecule has 1 amide bonds. The Labute approximate surface area is 156 Å². The average Bonchev–Trinajstić information content (AvgIpc) is 3.12. The molecule has 0 saturated carbocycles. The largest absolute Gasteiger partial charge is 0.323 e. The minimum Gasteiger partial charge on any atom is -0.323 e. The van der Waals surface area contributed by atoms with E-state index in [9.17, 15) is 4.79 Å². The Bertz CT molecular complexity index is 863. The fourth-order valence-corrected chi connectivity index (χ4v) is 2.87. The van der Waals surface area contributed by atoms with Crippen molar-refractivity contribution in [2.45, 2.75) is 24.9 Å². The SMILES string of the molecule is CSc1ccc(NC(=O)C(C(C)C)n2nnc(-c3ccccc3)n2)cn1. The van der Waals surface area contributed by atoms with Crippen molar-refractivity contribution in [1.82, 2.24) is 25.2 Å². The average molecular weight is 368 g/mol. The van der Waals surface area contributed by atoms with Gasteiger partial charge in [0, 0.05) is 5.56 Å². The molecule has 7 nitrogen and oxygen atoms in total. The molecule has 0 aliphatic rings. The Morgan fingerprint density at radius 3 is 2.54 bits per heavy atom. The molecule has 1 N–H and O–H groups in total. The number of aromatic nitrogens is 5. The first-order valence-corrected chi connectivity index (χ1v) is 9.47. The van der Waals surface area contributed by atoms with E-state index in [1.165, 1.54) is 4.80 Å². The second-order valence-corrected chi connectivity index (χ2v) is 6.89. The van der Waals surface area contributed by atoms with Crippen LogP contribution in [0.15, 0.2) is 53.7 Å². The summed E-state index contributed by atoms with van der Waals surface area (Å²) in [5.41, 5.74) is 1.50. The van der Waals surface area contributed by atoms with Gasteiger partial charge in [-0.05, 0) is 29.5 Å². The van der Waals surface area contributed by atoms with Crippen molar-refractivity contribution in [1.29, 1.82) is 0 Å². The van der Waals surface area contributed by atoms with Crippen LogP contribution in [0.3, 0.4) is 0 Å². The minimum absolute atomic E-state index is 0.00810. The summed E-state index contributed by atoms with van der Waals surface area (Å²) in [6, 6.07) is 12.7. The summed E-state index contributed by atoms with van der Waals surface area (Å²) < 4.78 is 0. The molecular formula is C18H20N6OS. The molecule has 3 aromatic rings. The molecule has 8 heteroatoms. The lowest BCUT2D eigenvalue weighted by molar-refractivity contribution is -0.121. The molecule has 0 spiro atoms. The third-order valence-corrected chi connectivity index (χ3v) is 4.48. The number of thioether (sulfide) groups is 1. The number of nitrogens with one attached hydrogen (secondary N) is 1. The molecule has 134 valence electrons. The number of benzene rings is 1. The van der Waals surface area contributed by atoms with Gasteiger partial charge in [-0.15, -0.1) is 22.0 Å². The van der Waals surface area contributed by atoms with E-state index in [1.807, 2.05) is 62.6 Å². The maximum absolute atomic E-state index is 12.8. The number of pyridine rings is 1. The van der Waals surface area contributed by atoms with Gasteiger partial charge in [-0.25, -0.2) is 4.98 Å². The van der Waals surface area contributed by atoms with Gasteiger partial charge in [-0.1, -0.05) is 44.2 Å². The van der Waals surface area contributed by atoms with E-state index in [-0.39, 0.29) is 11.8 Å². The van der Waals surface area contributed by atoms with E-state index < -0.39 is 6.04 Å². The van der Waals surface area contributed by atoms with Crippen LogP contribution in [0.1, 0.15) is 19.9 Å². The summed E-state index contributed by atoms with van der Waals surface area (Å²) in [5.74, 6) is 0.289. The number of hydrogen-bond acceptors (Lipinski definition) is 6. The second kappa shape index (κ2) is 8.09. The van der Waals surface area contributed by atoms with Gasteiger partial charge < -0.3 is 5.32 Å². The summed E-state index contributed by atoms with van der Waals surface area (Å²) in [6.45, 7) is 3.90. The van der Waals surface area contributed by atoms with Crippen LogP contribution in [0, 0.1) is 5.92 Å². The van der Waals surface area contributed by atoms with E-state index >= 15 is 0 Å². The highest BCUT2D eigenvalue weighted by Crippen LogP contribution is 2.21. The van der Waals surface area contributed by atoms with Crippen LogP contribution >= 0.6 is 11.8 Å². The predicted octanol–water partition coefficient (Wildman–Crippen LogP) is 3.29. The third-order valence-electron chi connectivity index (χ3n) is 3.82. The number of nitrogens with zero attached hydrogens (tertiary/aromatic N) is 5. The van der Waals surface area contributed by atoms with Crippen LogP contribution in [0.4, 0.5) is 5.69 Å². The zero-order valence-electron chi connectivity index (χ0n) is 14.8. The van der Waals surface area contributed by atoms with E-state index in [0.29, 0.717) is 11.5 Å². The number of amides is 1. The summed E-state index contributed by atoms with van der Waals surface area (Å²) >= 11 is 1.55. The van der Waals surface area contributed by atoms with Crippen molar-refractivity contribution in [2.75, 3.05) is 11.6 Å². The van der Waals surface area contributed by atoms with Gasteiger partial charge in [-0.2, -0.15) is 4.80 Å². The third kappa shape index (κ3) is 4.08. The monoisotopic (exact) mass is 368 g/mol. The van der Waals surface area contributed by atoms with Gasteiger partial charge in [-0.3, -0.25) is 4.79 Å². The molecular weight excluding hydrogens is 348 g/mol. The fraction of sp³-hybridized carbons (Fsp3) is 0.278. The van der Waals surface area contributed by atoms with Crippen LogP contribution in [-0.4, -0.2) is 37.4 Å². The molecule has 0 aliphatic heterocycles. The van der Waals surface area contributed by atoms with Crippen molar-refractivity contribution >= 4 is 23.4 Å². The zero-order valence-corrected chi connectivity index (χ0v) is 15.6. The Hall–Kier alpha value is -2.74. The van der Waals surface area contributed by atoms with Crippen molar-refractivity contribution in [3.63, 3.8) is 0 Å². The molecule has 0 fully saturated rings. The first kappa shape index (κ1) is 18.1. The highest BCUT2D eigenvalue weighted by Gasteiger charge is 2.27. The quantitative estimate of drug-likeness (QED) is 0.672. The van der Waals surface area contributed by atoms with Crippen LogP contribution in [-0.2, 0) is 4.79 Å². The Morgan fingerprint density at radius 1 is 1.15 bits per heavy atom. The van der Waals surface area contributed by atoms with Crippen LogP contribution < -0.4 is 5.32 Å². The smallest absolute Gasteiger partial charge is 0.251 e. The number of rotatable bonds is 6. The molecule has 26 heavy (non-hydrogen) atoms. The lowest BCUT2D eigenvalue weighted by Crippen LogP contribution is -2.31. The Kier molecular flexibility index (Phi) is 5.62. The van der Waals surface area contributed by atoms with Gasteiger partial charge in [0.05, 0.1) is 16.9 Å². The van der Waals surface area contributed by atoms with Crippen LogP contribution in [0.5, 0.6) is 0 Å². The molecule has 0 bridgehead atoms. The lowest BCUT2D eigenvalue weighted by Gasteiger charge is -2.18. The summed E-state index contributed by atoms with van der Waals surface area (Å²) in [5, 5.41) is 16.4. The van der Waals surface area contributed by atoms with Gasteiger partial charge >= 0.3 is 0 Å². The van der Waals surface area contributed by atoms with E-state index in [1.54, 1.807) is 18.0 Å². The minimum atomic E-state index is -0.569. The standard InChI is InChI=1S/C18H20N6OS/c1-12(2)16(18(25)20-14-9-10-15(26-3)19-11-14)24-22-17(21-23-24)13-7-5-4-6-8-13/h4-12,16H,1-3H3,(H,20,25). The van der Waals surface area contributed by atoms with Crippen molar-refractivity contribution in [2.24, 2.45) is 5.92 Å². The molecule has 3 rings (SSSR count). The topological polar surface area (TPSA) is 85.6 Å². The van der Waals surface area contributed by atoms with E-state index in [2.05, 4.69) is 25.7 Å². The second-order valence-electron chi connectivity index (χ2n) is 6.07.